The fourth-order valence-electron chi connectivity index (χ4n) is 4.08. The van der Waals surface area contributed by atoms with Gasteiger partial charge in [-0.25, -0.2) is 9.97 Å². The molecule has 2 aromatic carbocycles. The Morgan fingerprint density at radius 2 is 1.70 bits per heavy atom. The second-order valence-corrected chi connectivity index (χ2v) is 8.39. The van der Waals surface area contributed by atoms with E-state index in [0.29, 0.717) is 5.95 Å². The number of amides is 1. The molecular weight excluding hydrogens is 416 g/mol. The molecule has 2 fully saturated rings. The van der Waals surface area contributed by atoms with Crippen molar-refractivity contribution in [1.29, 1.82) is 0 Å². The number of nitrogens with one attached hydrogen (secondary N) is 2. The maximum absolute atomic E-state index is 12.3. The lowest BCUT2D eigenvalue weighted by Gasteiger charge is -2.36. The molecule has 1 amide bonds. The third-order valence-corrected chi connectivity index (χ3v) is 6.19. The van der Waals surface area contributed by atoms with Crippen LogP contribution in [0.2, 0.25) is 0 Å². The fourth-order valence-corrected chi connectivity index (χ4v) is 4.08. The summed E-state index contributed by atoms with van der Waals surface area (Å²) in [6.45, 7) is 4.34. The normalized spacial score (nSPS) is 18.5. The molecule has 2 aliphatic heterocycles. The van der Waals surface area contributed by atoms with Crippen LogP contribution in [0.4, 0.5) is 23.0 Å². The average Bonchev–Trinajstić information content (AvgIpc) is 2.85. The molecule has 0 bridgehead atoms. The van der Waals surface area contributed by atoms with Crippen LogP contribution in [0.25, 0.3) is 11.3 Å². The Morgan fingerprint density at radius 3 is 2.36 bits per heavy atom. The van der Waals surface area contributed by atoms with Crippen molar-refractivity contribution in [3.63, 3.8) is 0 Å². The van der Waals surface area contributed by atoms with Crippen molar-refractivity contribution in [3.05, 3.63) is 60.8 Å². The van der Waals surface area contributed by atoms with E-state index in [1.165, 1.54) is 5.69 Å². The van der Waals surface area contributed by atoms with Gasteiger partial charge in [-0.3, -0.25) is 9.69 Å². The van der Waals surface area contributed by atoms with Crippen molar-refractivity contribution in [1.82, 2.24) is 14.9 Å². The van der Waals surface area contributed by atoms with E-state index in [4.69, 9.17) is 4.74 Å². The third-order valence-electron chi connectivity index (χ3n) is 6.19. The molecule has 170 valence electrons. The number of anilines is 4. The summed E-state index contributed by atoms with van der Waals surface area (Å²) >= 11 is 0. The molecule has 3 heterocycles. The molecule has 8 heteroatoms. The molecule has 1 unspecified atom stereocenters. The first-order valence-electron chi connectivity index (χ1n) is 11.3. The van der Waals surface area contributed by atoms with Crippen molar-refractivity contribution in [2.24, 2.45) is 0 Å². The summed E-state index contributed by atoms with van der Waals surface area (Å²) in [5.41, 5.74) is 4.69. The lowest BCUT2D eigenvalue weighted by atomic mass is 10.0. The van der Waals surface area contributed by atoms with E-state index in [2.05, 4.69) is 42.5 Å². The predicted octanol–water partition coefficient (Wildman–Crippen LogP) is 3.37. The standard InChI is InChI=1S/C25H28N6O2/c1-30-13-11-23(30)24(32)27-19-4-2-18(3-5-19)22-10-12-26-25(29-22)28-20-6-8-21(9-7-20)31-14-16-33-17-15-31/h2-10,12,23H,11,13-17H2,1H3,(H,27,32)(H,26,28,29). The Labute approximate surface area is 193 Å². The number of carbonyl (C=O) groups is 1. The zero-order valence-electron chi connectivity index (χ0n) is 18.7. The molecule has 5 rings (SSSR count). The monoisotopic (exact) mass is 444 g/mol. The number of morpholine rings is 1. The maximum Gasteiger partial charge on any atom is 0.241 e. The van der Waals surface area contributed by atoms with Crippen molar-refractivity contribution in [2.45, 2.75) is 12.5 Å². The van der Waals surface area contributed by atoms with Gasteiger partial charge in [0.2, 0.25) is 11.9 Å². The molecule has 2 saturated heterocycles. The van der Waals surface area contributed by atoms with E-state index in [-0.39, 0.29) is 11.9 Å². The van der Waals surface area contributed by atoms with Crippen LogP contribution in [-0.2, 0) is 9.53 Å². The Bertz CT molecular complexity index is 1100. The minimum Gasteiger partial charge on any atom is -0.378 e. The molecule has 1 aromatic heterocycles. The van der Waals surface area contributed by atoms with Crippen LogP contribution < -0.4 is 15.5 Å². The molecular formula is C25H28N6O2. The maximum atomic E-state index is 12.3. The lowest BCUT2D eigenvalue weighted by Crippen LogP contribution is -2.51. The van der Waals surface area contributed by atoms with Gasteiger partial charge in [-0.1, -0.05) is 12.1 Å². The summed E-state index contributed by atoms with van der Waals surface area (Å²) in [6.07, 6.45) is 2.65. The molecule has 0 saturated carbocycles. The molecule has 2 N–H and O–H groups in total. The van der Waals surface area contributed by atoms with E-state index >= 15 is 0 Å². The predicted molar refractivity (Wildman–Crippen MR) is 130 cm³/mol. The van der Waals surface area contributed by atoms with E-state index in [0.717, 1.165) is 61.9 Å². The SMILES string of the molecule is CN1CCC1C(=O)Nc1ccc(-c2ccnc(Nc3ccc(N4CCOCC4)cc3)n2)cc1. The molecule has 33 heavy (non-hydrogen) atoms. The van der Waals surface area contributed by atoms with Crippen LogP contribution in [0.5, 0.6) is 0 Å². The Balaban J connectivity index is 1.23. The number of ether oxygens (including phenoxy) is 1. The highest BCUT2D eigenvalue weighted by molar-refractivity contribution is 5.95. The van der Waals surface area contributed by atoms with Crippen LogP contribution in [-0.4, -0.2) is 66.7 Å². The molecule has 0 aliphatic carbocycles. The van der Waals surface area contributed by atoms with Crippen molar-refractivity contribution in [2.75, 3.05) is 55.4 Å². The molecule has 8 nitrogen and oxygen atoms in total. The van der Waals surface area contributed by atoms with Crippen LogP contribution in [0.15, 0.2) is 60.8 Å². The zero-order chi connectivity index (χ0) is 22.6. The number of aromatic nitrogens is 2. The Hall–Kier alpha value is -3.49. The number of benzene rings is 2. The van der Waals surface area contributed by atoms with Gasteiger partial charge in [0.1, 0.15) is 0 Å². The molecule has 3 aromatic rings. The topological polar surface area (TPSA) is 82.6 Å². The summed E-state index contributed by atoms with van der Waals surface area (Å²) in [6, 6.07) is 17.9. The number of likely N-dealkylation sites (N-methyl/N-ethyl adjacent to an activating group) is 1. The minimum atomic E-state index is -0.0249. The van der Waals surface area contributed by atoms with Gasteiger partial charge < -0.3 is 20.3 Å². The van der Waals surface area contributed by atoms with E-state index in [1.54, 1.807) is 6.20 Å². The highest BCUT2D eigenvalue weighted by atomic mass is 16.5. The quantitative estimate of drug-likeness (QED) is 0.603. The fraction of sp³-hybridized carbons (Fsp3) is 0.320. The number of rotatable bonds is 6. The smallest absolute Gasteiger partial charge is 0.241 e. The first kappa shape index (κ1) is 21.4. The van der Waals surface area contributed by atoms with Crippen molar-refractivity contribution >= 4 is 28.9 Å². The number of hydrogen-bond acceptors (Lipinski definition) is 7. The second kappa shape index (κ2) is 9.56. The summed E-state index contributed by atoms with van der Waals surface area (Å²) in [4.78, 5) is 25.7. The van der Waals surface area contributed by atoms with Gasteiger partial charge in [0.15, 0.2) is 0 Å². The lowest BCUT2D eigenvalue weighted by molar-refractivity contribution is -0.124. The number of carbonyl (C=O) groups excluding carboxylic acids is 1. The first-order chi connectivity index (χ1) is 16.2. The van der Waals surface area contributed by atoms with E-state index in [9.17, 15) is 4.79 Å². The van der Waals surface area contributed by atoms with Gasteiger partial charge in [0, 0.05) is 48.5 Å². The van der Waals surface area contributed by atoms with Gasteiger partial charge >= 0.3 is 0 Å². The van der Waals surface area contributed by atoms with Gasteiger partial charge in [-0.05, 0) is 55.9 Å². The Morgan fingerprint density at radius 1 is 0.970 bits per heavy atom. The molecule has 0 radical (unpaired) electrons. The van der Waals surface area contributed by atoms with Crippen LogP contribution in [0.3, 0.4) is 0 Å². The van der Waals surface area contributed by atoms with Crippen LogP contribution in [0, 0.1) is 0 Å². The molecule has 2 aliphatic rings. The van der Waals surface area contributed by atoms with Gasteiger partial charge in [-0.2, -0.15) is 0 Å². The largest absolute Gasteiger partial charge is 0.378 e. The summed E-state index contributed by atoms with van der Waals surface area (Å²) in [7, 11) is 1.97. The highest BCUT2D eigenvalue weighted by Crippen LogP contribution is 2.24. The minimum absolute atomic E-state index is 0.0249. The molecule has 0 spiro atoms. The number of hydrogen-bond donors (Lipinski definition) is 2. The zero-order valence-corrected chi connectivity index (χ0v) is 18.7. The Kier molecular flexibility index (Phi) is 6.19. The van der Waals surface area contributed by atoms with Gasteiger partial charge in [0.05, 0.1) is 24.9 Å². The third kappa shape index (κ3) is 4.97. The molecule has 1 atom stereocenters. The van der Waals surface area contributed by atoms with Crippen molar-refractivity contribution in [3.8, 4) is 11.3 Å². The van der Waals surface area contributed by atoms with Crippen molar-refractivity contribution < 1.29 is 9.53 Å². The first-order valence-corrected chi connectivity index (χ1v) is 11.3. The van der Waals surface area contributed by atoms with E-state index < -0.39 is 0 Å². The van der Waals surface area contributed by atoms with Gasteiger partial charge in [-0.15, -0.1) is 0 Å². The summed E-state index contributed by atoms with van der Waals surface area (Å²) < 4.78 is 5.42. The van der Waals surface area contributed by atoms with Gasteiger partial charge in [0.25, 0.3) is 0 Å². The highest BCUT2D eigenvalue weighted by Gasteiger charge is 2.30. The summed E-state index contributed by atoms with van der Waals surface area (Å²) in [5.74, 6) is 0.585. The summed E-state index contributed by atoms with van der Waals surface area (Å²) in [5, 5.41) is 6.27. The van der Waals surface area contributed by atoms with Crippen LogP contribution in [0.1, 0.15) is 6.42 Å². The second-order valence-electron chi connectivity index (χ2n) is 8.39. The van der Waals surface area contributed by atoms with E-state index in [1.807, 2.05) is 49.5 Å². The average molecular weight is 445 g/mol. The number of likely N-dealkylation sites (tertiary alicyclic amines) is 1. The van der Waals surface area contributed by atoms with Crippen LogP contribution >= 0.6 is 0 Å². The number of nitrogens with zero attached hydrogens (tertiary/aromatic N) is 4.